The number of rotatable bonds is 4. The summed E-state index contributed by atoms with van der Waals surface area (Å²) >= 11 is 6.09. The van der Waals surface area contributed by atoms with Crippen molar-refractivity contribution < 1.29 is 9.59 Å². The summed E-state index contributed by atoms with van der Waals surface area (Å²) in [4.78, 5) is 23.8. The number of hydrogen-bond donors (Lipinski definition) is 2. The van der Waals surface area contributed by atoms with Gasteiger partial charge in [0.25, 0.3) is 5.91 Å². The molecule has 0 saturated carbocycles. The molecule has 0 aliphatic rings. The van der Waals surface area contributed by atoms with Gasteiger partial charge in [-0.25, -0.2) is 0 Å². The molecule has 0 unspecified atom stereocenters. The third-order valence-corrected chi connectivity index (χ3v) is 3.77. The van der Waals surface area contributed by atoms with E-state index in [1.165, 1.54) is 6.92 Å². The van der Waals surface area contributed by atoms with Gasteiger partial charge < -0.3 is 15.2 Å². The number of carbonyl (C=O) groups excluding carboxylic acids is 2. The number of hydrogen-bond acceptors (Lipinski definition) is 2. The quantitative estimate of drug-likeness (QED) is 0.732. The maximum absolute atomic E-state index is 12.6. The Balaban J connectivity index is 1.88. The molecule has 0 radical (unpaired) electrons. The summed E-state index contributed by atoms with van der Waals surface area (Å²) in [6.45, 7) is 1.42. The Labute approximate surface area is 150 Å². The Hall–Kier alpha value is -3.05. The molecule has 1 heterocycles. The van der Waals surface area contributed by atoms with E-state index in [0.717, 1.165) is 5.69 Å². The van der Waals surface area contributed by atoms with E-state index in [1.807, 2.05) is 29.1 Å². The zero-order valence-corrected chi connectivity index (χ0v) is 14.2. The van der Waals surface area contributed by atoms with E-state index in [4.69, 9.17) is 11.6 Å². The Morgan fingerprint density at radius 3 is 2.44 bits per heavy atom. The largest absolute Gasteiger partial charge is 0.326 e. The summed E-state index contributed by atoms with van der Waals surface area (Å²) in [5, 5.41) is 6.13. The second-order valence-electron chi connectivity index (χ2n) is 5.47. The molecule has 0 spiro atoms. The molecular weight excluding hydrogens is 338 g/mol. The first-order valence-corrected chi connectivity index (χ1v) is 8.02. The molecule has 0 atom stereocenters. The summed E-state index contributed by atoms with van der Waals surface area (Å²) in [5.74, 6) is -0.465. The molecule has 1 aromatic heterocycles. The van der Waals surface area contributed by atoms with Crippen LogP contribution in [0.2, 0.25) is 5.02 Å². The second kappa shape index (κ2) is 7.23. The first-order chi connectivity index (χ1) is 12.0. The van der Waals surface area contributed by atoms with E-state index in [2.05, 4.69) is 10.6 Å². The second-order valence-corrected chi connectivity index (χ2v) is 5.90. The molecule has 2 amide bonds. The van der Waals surface area contributed by atoms with Gasteiger partial charge in [0, 0.05) is 35.6 Å². The highest BCUT2D eigenvalue weighted by Crippen LogP contribution is 2.25. The van der Waals surface area contributed by atoms with Gasteiger partial charge in [0.2, 0.25) is 5.91 Å². The summed E-state index contributed by atoms with van der Waals surface area (Å²) < 4.78 is 1.87. The van der Waals surface area contributed by atoms with Crippen LogP contribution in [0.5, 0.6) is 0 Å². The Bertz CT molecular complexity index is 920. The topological polar surface area (TPSA) is 63.1 Å². The number of amides is 2. The Morgan fingerprint density at radius 2 is 1.72 bits per heavy atom. The smallest absolute Gasteiger partial charge is 0.255 e. The number of nitrogens with zero attached hydrogens (tertiary/aromatic N) is 1. The van der Waals surface area contributed by atoms with Crippen LogP contribution in [-0.2, 0) is 4.79 Å². The van der Waals surface area contributed by atoms with E-state index < -0.39 is 0 Å². The van der Waals surface area contributed by atoms with Gasteiger partial charge in [-0.15, -0.1) is 0 Å². The molecule has 0 fully saturated rings. The SMILES string of the molecule is CC(=O)Nc1cccc(C(=O)Nc2ccc(Cl)cc2-n2cccc2)c1. The third-order valence-electron chi connectivity index (χ3n) is 3.54. The summed E-state index contributed by atoms with van der Waals surface area (Å²) in [6.07, 6.45) is 3.75. The molecule has 25 heavy (non-hydrogen) atoms. The molecule has 2 N–H and O–H groups in total. The van der Waals surface area contributed by atoms with Crippen LogP contribution in [-0.4, -0.2) is 16.4 Å². The lowest BCUT2D eigenvalue weighted by Crippen LogP contribution is -2.14. The highest BCUT2D eigenvalue weighted by atomic mass is 35.5. The van der Waals surface area contributed by atoms with Gasteiger partial charge in [-0.05, 0) is 48.5 Å². The first kappa shape index (κ1) is 16.8. The van der Waals surface area contributed by atoms with Gasteiger partial charge in [-0.3, -0.25) is 9.59 Å². The van der Waals surface area contributed by atoms with Gasteiger partial charge >= 0.3 is 0 Å². The zero-order valence-electron chi connectivity index (χ0n) is 13.5. The summed E-state index contributed by atoms with van der Waals surface area (Å²) in [5.41, 5.74) is 2.42. The molecule has 0 bridgehead atoms. The van der Waals surface area contributed by atoms with Crippen LogP contribution in [0.3, 0.4) is 0 Å². The fourth-order valence-electron chi connectivity index (χ4n) is 2.46. The minimum atomic E-state index is -0.275. The van der Waals surface area contributed by atoms with Crippen molar-refractivity contribution in [1.29, 1.82) is 0 Å². The number of aromatic nitrogens is 1. The Kier molecular flexibility index (Phi) is 4.86. The van der Waals surface area contributed by atoms with E-state index >= 15 is 0 Å². The molecule has 2 aromatic carbocycles. The molecule has 0 aliphatic heterocycles. The van der Waals surface area contributed by atoms with Crippen LogP contribution in [0.15, 0.2) is 67.0 Å². The third kappa shape index (κ3) is 4.08. The molecule has 6 heteroatoms. The summed E-state index contributed by atoms with van der Waals surface area (Å²) in [7, 11) is 0. The first-order valence-electron chi connectivity index (χ1n) is 7.65. The van der Waals surface area contributed by atoms with Crippen molar-refractivity contribution in [2.45, 2.75) is 6.92 Å². The zero-order chi connectivity index (χ0) is 17.8. The predicted molar refractivity (Wildman–Crippen MR) is 99.5 cm³/mol. The minimum Gasteiger partial charge on any atom is -0.326 e. The molecule has 0 saturated heterocycles. The fraction of sp³-hybridized carbons (Fsp3) is 0.0526. The van der Waals surface area contributed by atoms with Crippen molar-refractivity contribution in [2.24, 2.45) is 0 Å². The summed E-state index contributed by atoms with van der Waals surface area (Å²) in [6, 6.07) is 15.8. The maximum atomic E-state index is 12.6. The minimum absolute atomic E-state index is 0.190. The molecule has 0 aliphatic carbocycles. The average molecular weight is 354 g/mol. The molecule has 3 rings (SSSR count). The molecular formula is C19H16ClN3O2. The normalized spacial score (nSPS) is 10.3. The maximum Gasteiger partial charge on any atom is 0.255 e. The fourth-order valence-corrected chi connectivity index (χ4v) is 2.62. The van der Waals surface area contributed by atoms with Crippen LogP contribution >= 0.6 is 11.6 Å². The van der Waals surface area contributed by atoms with Gasteiger partial charge in [0.1, 0.15) is 0 Å². The van der Waals surface area contributed by atoms with Gasteiger partial charge in [0.05, 0.1) is 11.4 Å². The number of halogens is 1. The van der Waals surface area contributed by atoms with Crippen LogP contribution in [0.1, 0.15) is 17.3 Å². The van der Waals surface area contributed by atoms with E-state index in [0.29, 0.717) is 22.0 Å². The lowest BCUT2D eigenvalue weighted by atomic mass is 10.1. The standard InChI is InChI=1S/C19H16ClN3O2/c1-13(24)21-16-6-4-5-14(11-16)19(25)22-17-8-7-15(20)12-18(17)23-9-2-3-10-23/h2-12H,1H3,(H,21,24)(H,22,25). The molecule has 5 nitrogen and oxygen atoms in total. The van der Waals surface area contributed by atoms with Crippen molar-refractivity contribution in [3.05, 3.63) is 77.6 Å². The van der Waals surface area contributed by atoms with E-state index in [-0.39, 0.29) is 11.8 Å². The van der Waals surface area contributed by atoms with Crippen molar-refractivity contribution in [3.63, 3.8) is 0 Å². The highest BCUT2D eigenvalue weighted by molar-refractivity contribution is 6.31. The number of anilines is 2. The van der Waals surface area contributed by atoms with Gasteiger partial charge in [-0.2, -0.15) is 0 Å². The van der Waals surface area contributed by atoms with E-state index in [1.54, 1.807) is 42.5 Å². The Morgan fingerprint density at radius 1 is 0.960 bits per heavy atom. The average Bonchev–Trinajstić information content (AvgIpc) is 3.10. The van der Waals surface area contributed by atoms with Crippen molar-refractivity contribution in [2.75, 3.05) is 10.6 Å². The van der Waals surface area contributed by atoms with Gasteiger partial charge in [0.15, 0.2) is 0 Å². The van der Waals surface area contributed by atoms with Gasteiger partial charge in [-0.1, -0.05) is 17.7 Å². The van der Waals surface area contributed by atoms with Crippen molar-refractivity contribution in [1.82, 2.24) is 4.57 Å². The number of nitrogens with one attached hydrogen (secondary N) is 2. The van der Waals surface area contributed by atoms with E-state index in [9.17, 15) is 9.59 Å². The monoisotopic (exact) mass is 353 g/mol. The molecule has 3 aromatic rings. The van der Waals surface area contributed by atoms with Crippen LogP contribution < -0.4 is 10.6 Å². The van der Waals surface area contributed by atoms with Crippen LogP contribution in [0, 0.1) is 0 Å². The number of benzene rings is 2. The van der Waals surface area contributed by atoms with Crippen LogP contribution in [0.4, 0.5) is 11.4 Å². The van der Waals surface area contributed by atoms with Crippen LogP contribution in [0.25, 0.3) is 5.69 Å². The van der Waals surface area contributed by atoms with Crippen molar-refractivity contribution >= 4 is 34.8 Å². The number of carbonyl (C=O) groups is 2. The predicted octanol–water partition coefficient (Wildman–Crippen LogP) is 4.34. The highest BCUT2D eigenvalue weighted by Gasteiger charge is 2.11. The lowest BCUT2D eigenvalue weighted by molar-refractivity contribution is -0.114. The lowest BCUT2D eigenvalue weighted by Gasteiger charge is -2.13. The van der Waals surface area contributed by atoms with Crippen molar-refractivity contribution in [3.8, 4) is 5.69 Å². The molecule has 126 valence electrons.